The second kappa shape index (κ2) is 8.86. The lowest BCUT2D eigenvalue weighted by Gasteiger charge is -2.24. The molecule has 1 heterocycles. The molecule has 1 unspecified atom stereocenters. The number of amides is 2. The summed E-state index contributed by atoms with van der Waals surface area (Å²) >= 11 is 5.88. The lowest BCUT2D eigenvalue weighted by molar-refractivity contribution is -0.137. The third-order valence-corrected chi connectivity index (χ3v) is 4.95. The number of nitrogens with one attached hydrogen (secondary N) is 1. The number of likely N-dealkylation sites (tertiary alicyclic amines) is 1. The van der Waals surface area contributed by atoms with Crippen LogP contribution in [0.2, 0.25) is 5.02 Å². The molecule has 0 aromatic heterocycles. The van der Waals surface area contributed by atoms with Crippen molar-refractivity contribution in [2.24, 2.45) is 0 Å². The predicted molar refractivity (Wildman–Crippen MR) is 103 cm³/mol. The number of hydrogen-bond acceptors (Lipinski definition) is 2. The van der Waals surface area contributed by atoms with E-state index in [-0.39, 0.29) is 17.9 Å². The van der Waals surface area contributed by atoms with Crippen LogP contribution in [0.5, 0.6) is 0 Å². The normalized spacial score (nSPS) is 16.5. The smallest absolute Gasteiger partial charge is 0.242 e. The van der Waals surface area contributed by atoms with Crippen LogP contribution in [0.15, 0.2) is 54.6 Å². The van der Waals surface area contributed by atoms with Crippen molar-refractivity contribution in [2.45, 2.75) is 31.7 Å². The molecule has 0 bridgehead atoms. The van der Waals surface area contributed by atoms with Crippen molar-refractivity contribution in [1.82, 2.24) is 10.2 Å². The molecular formula is C21H23ClN2O2. The zero-order valence-electron chi connectivity index (χ0n) is 14.7. The maximum absolute atomic E-state index is 12.6. The van der Waals surface area contributed by atoms with E-state index in [4.69, 9.17) is 11.6 Å². The summed E-state index contributed by atoms with van der Waals surface area (Å²) in [6, 6.07) is 16.9. The van der Waals surface area contributed by atoms with Crippen LogP contribution >= 0.6 is 11.6 Å². The first-order valence-corrected chi connectivity index (χ1v) is 9.37. The molecule has 2 aromatic rings. The third kappa shape index (κ3) is 4.85. The van der Waals surface area contributed by atoms with Gasteiger partial charge in [-0.3, -0.25) is 9.59 Å². The lowest BCUT2D eigenvalue weighted by Crippen LogP contribution is -2.46. The van der Waals surface area contributed by atoms with Gasteiger partial charge in [0.15, 0.2) is 0 Å². The van der Waals surface area contributed by atoms with Gasteiger partial charge in [0, 0.05) is 18.1 Å². The van der Waals surface area contributed by atoms with Crippen molar-refractivity contribution >= 4 is 23.4 Å². The van der Waals surface area contributed by atoms with Crippen molar-refractivity contribution < 1.29 is 9.59 Å². The molecule has 1 saturated heterocycles. The lowest BCUT2D eigenvalue weighted by atomic mass is 10.1. The second-order valence-electron chi connectivity index (χ2n) is 6.58. The molecule has 1 atom stereocenters. The topological polar surface area (TPSA) is 49.4 Å². The zero-order chi connectivity index (χ0) is 18.4. The molecule has 2 amide bonds. The molecule has 5 heteroatoms. The Morgan fingerprint density at radius 3 is 2.50 bits per heavy atom. The fourth-order valence-electron chi connectivity index (χ4n) is 3.31. The number of benzene rings is 2. The van der Waals surface area contributed by atoms with Crippen LogP contribution in [0.3, 0.4) is 0 Å². The van der Waals surface area contributed by atoms with Crippen molar-refractivity contribution in [3.05, 3.63) is 70.7 Å². The highest BCUT2D eigenvalue weighted by molar-refractivity contribution is 6.30. The van der Waals surface area contributed by atoms with Gasteiger partial charge in [0.2, 0.25) is 11.8 Å². The highest BCUT2D eigenvalue weighted by atomic mass is 35.5. The Bertz CT molecular complexity index is 746. The maximum Gasteiger partial charge on any atom is 0.242 e. The molecule has 2 aromatic carbocycles. The highest BCUT2D eigenvalue weighted by Gasteiger charge is 2.33. The van der Waals surface area contributed by atoms with Crippen LogP contribution in [-0.4, -0.2) is 35.8 Å². The summed E-state index contributed by atoms with van der Waals surface area (Å²) in [5, 5.41) is 3.68. The van der Waals surface area contributed by atoms with Gasteiger partial charge in [0.25, 0.3) is 0 Å². The molecule has 0 saturated carbocycles. The van der Waals surface area contributed by atoms with Crippen molar-refractivity contribution in [3.63, 3.8) is 0 Å². The summed E-state index contributed by atoms with van der Waals surface area (Å²) in [6.45, 7) is 1.21. The Hall–Kier alpha value is -2.33. The fraction of sp³-hybridized carbons (Fsp3) is 0.333. The molecule has 4 nitrogen and oxygen atoms in total. The average molecular weight is 371 g/mol. The first-order chi connectivity index (χ1) is 12.6. The van der Waals surface area contributed by atoms with E-state index in [1.54, 1.807) is 4.90 Å². The number of nitrogens with zero attached hydrogens (tertiary/aromatic N) is 1. The largest absolute Gasteiger partial charge is 0.354 e. The van der Waals surface area contributed by atoms with Gasteiger partial charge in [-0.05, 0) is 42.5 Å². The van der Waals surface area contributed by atoms with E-state index in [1.165, 1.54) is 0 Å². The highest BCUT2D eigenvalue weighted by Crippen LogP contribution is 2.19. The van der Waals surface area contributed by atoms with Gasteiger partial charge in [0.1, 0.15) is 6.04 Å². The molecular weight excluding hydrogens is 348 g/mol. The van der Waals surface area contributed by atoms with Gasteiger partial charge >= 0.3 is 0 Å². The van der Waals surface area contributed by atoms with Gasteiger partial charge in [-0.15, -0.1) is 0 Å². The van der Waals surface area contributed by atoms with E-state index >= 15 is 0 Å². The molecule has 0 spiro atoms. The van der Waals surface area contributed by atoms with E-state index in [0.717, 1.165) is 30.4 Å². The van der Waals surface area contributed by atoms with E-state index in [2.05, 4.69) is 5.32 Å². The minimum Gasteiger partial charge on any atom is -0.354 e. The van der Waals surface area contributed by atoms with Crippen molar-refractivity contribution in [2.75, 3.05) is 13.1 Å². The Morgan fingerprint density at radius 2 is 1.77 bits per heavy atom. The number of carbonyl (C=O) groups excluding carboxylic acids is 2. The minimum atomic E-state index is -0.351. The van der Waals surface area contributed by atoms with Crippen LogP contribution in [0.1, 0.15) is 24.0 Å². The van der Waals surface area contributed by atoms with E-state index in [9.17, 15) is 9.59 Å². The maximum atomic E-state index is 12.6. The second-order valence-corrected chi connectivity index (χ2v) is 7.01. The van der Waals surface area contributed by atoms with Crippen molar-refractivity contribution in [1.29, 1.82) is 0 Å². The first-order valence-electron chi connectivity index (χ1n) is 8.99. The summed E-state index contributed by atoms with van der Waals surface area (Å²) in [5.74, 6) is -0.0376. The molecule has 1 fully saturated rings. The zero-order valence-corrected chi connectivity index (χ0v) is 15.4. The van der Waals surface area contributed by atoms with E-state index in [0.29, 0.717) is 24.5 Å². The average Bonchev–Trinajstić information content (AvgIpc) is 3.14. The number of carbonyl (C=O) groups is 2. The van der Waals surface area contributed by atoms with Gasteiger partial charge in [0.05, 0.1) is 6.42 Å². The summed E-state index contributed by atoms with van der Waals surface area (Å²) in [7, 11) is 0. The first kappa shape index (κ1) is 18.5. The Balaban J connectivity index is 1.51. The van der Waals surface area contributed by atoms with Gasteiger partial charge in [-0.25, -0.2) is 0 Å². The Labute approximate surface area is 159 Å². The third-order valence-electron chi connectivity index (χ3n) is 4.70. The molecule has 1 aliphatic heterocycles. The standard InChI is InChI=1S/C21H23ClN2O2/c22-18-10-8-16(9-11-18)12-13-23-21(26)19-7-4-14-24(19)20(25)15-17-5-2-1-3-6-17/h1-3,5-6,8-11,19H,4,7,12-15H2,(H,23,26). The quantitative estimate of drug-likeness (QED) is 0.848. The fourth-order valence-corrected chi connectivity index (χ4v) is 3.43. The molecule has 1 aliphatic rings. The van der Waals surface area contributed by atoms with Gasteiger partial charge < -0.3 is 10.2 Å². The predicted octanol–water partition coefficient (Wildman–Crippen LogP) is 3.23. The van der Waals surface area contributed by atoms with Crippen LogP contribution in [0.25, 0.3) is 0 Å². The van der Waals surface area contributed by atoms with E-state index < -0.39 is 0 Å². The minimum absolute atomic E-state index is 0.0200. The van der Waals surface area contributed by atoms with Gasteiger partial charge in [-0.2, -0.15) is 0 Å². The Morgan fingerprint density at radius 1 is 1.04 bits per heavy atom. The molecule has 0 radical (unpaired) electrons. The molecule has 0 aliphatic carbocycles. The number of rotatable bonds is 6. The van der Waals surface area contributed by atoms with Crippen LogP contribution in [0, 0.1) is 0 Å². The molecule has 136 valence electrons. The Kier molecular flexibility index (Phi) is 6.29. The summed E-state index contributed by atoms with van der Waals surface area (Å²) in [6.07, 6.45) is 2.69. The monoisotopic (exact) mass is 370 g/mol. The van der Waals surface area contributed by atoms with E-state index in [1.807, 2.05) is 54.6 Å². The SMILES string of the molecule is O=C(NCCc1ccc(Cl)cc1)C1CCCN1C(=O)Cc1ccccc1. The van der Waals surface area contributed by atoms with Gasteiger partial charge in [-0.1, -0.05) is 54.1 Å². The number of halogens is 1. The summed E-state index contributed by atoms with van der Waals surface area (Å²) in [5.41, 5.74) is 2.10. The summed E-state index contributed by atoms with van der Waals surface area (Å²) < 4.78 is 0. The van der Waals surface area contributed by atoms with Crippen LogP contribution in [-0.2, 0) is 22.4 Å². The molecule has 26 heavy (non-hydrogen) atoms. The number of hydrogen-bond donors (Lipinski definition) is 1. The summed E-state index contributed by atoms with van der Waals surface area (Å²) in [4.78, 5) is 26.8. The van der Waals surface area contributed by atoms with Crippen LogP contribution < -0.4 is 5.32 Å². The van der Waals surface area contributed by atoms with Crippen molar-refractivity contribution in [3.8, 4) is 0 Å². The molecule has 3 rings (SSSR count). The molecule has 1 N–H and O–H groups in total. The van der Waals surface area contributed by atoms with Crippen LogP contribution in [0.4, 0.5) is 0 Å².